The van der Waals surface area contributed by atoms with Crippen molar-refractivity contribution in [1.29, 1.82) is 0 Å². The minimum Gasteiger partial charge on any atom is -0.352 e. The number of amides is 2. The third kappa shape index (κ3) is 4.95. The number of benzene rings is 1. The van der Waals surface area contributed by atoms with Gasteiger partial charge >= 0.3 is 0 Å². The predicted octanol–water partition coefficient (Wildman–Crippen LogP) is 2.35. The Hall–Kier alpha value is -1.59. The van der Waals surface area contributed by atoms with Crippen LogP contribution >= 0.6 is 12.4 Å². The number of carbonyl (C=O) groups is 2. The van der Waals surface area contributed by atoms with Crippen molar-refractivity contribution in [2.45, 2.75) is 45.2 Å². The van der Waals surface area contributed by atoms with Gasteiger partial charge in [-0.15, -0.1) is 12.4 Å². The van der Waals surface area contributed by atoms with Crippen LogP contribution < -0.4 is 10.6 Å². The van der Waals surface area contributed by atoms with Gasteiger partial charge in [0.2, 0.25) is 5.91 Å². The molecule has 2 N–H and O–H groups in total. The Morgan fingerprint density at radius 3 is 2.52 bits per heavy atom. The number of nitrogens with one attached hydrogen (secondary N) is 2. The van der Waals surface area contributed by atoms with Crippen molar-refractivity contribution in [3.05, 3.63) is 35.4 Å². The maximum absolute atomic E-state index is 12.6. The predicted molar refractivity (Wildman–Crippen MR) is 101 cm³/mol. The van der Waals surface area contributed by atoms with E-state index >= 15 is 0 Å². The van der Waals surface area contributed by atoms with Crippen LogP contribution in [0.3, 0.4) is 0 Å². The molecule has 0 spiro atoms. The second-order valence-corrected chi connectivity index (χ2v) is 6.95. The van der Waals surface area contributed by atoms with E-state index in [0.717, 1.165) is 43.6 Å². The van der Waals surface area contributed by atoms with E-state index in [1.165, 1.54) is 12.8 Å². The molecule has 0 bridgehead atoms. The molecule has 0 radical (unpaired) electrons. The van der Waals surface area contributed by atoms with Crippen molar-refractivity contribution in [3.8, 4) is 0 Å². The van der Waals surface area contributed by atoms with Gasteiger partial charge < -0.3 is 15.5 Å². The number of hydrogen-bond donors (Lipinski definition) is 2. The highest BCUT2D eigenvalue weighted by Gasteiger charge is 2.24. The lowest BCUT2D eigenvalue weighted by Gasteiger charge is -2.34. The lowest BCUT2D eigenvalue weighted by molar-refractivity contribution is -0.124. The third-order valence-electron chi connectivity index (χ3n) is 5.16. The summed E-state index contributed by atoms with van der Waals surface area (Å²) in [6.07, 6.45) is 4.36. The van der Waals surface area contributed by atoms with Gasteiger partial charge in [-0.1, -0.05) is 25.0 Å². The Balaban J connectivity index is 0.00000225. The highest BCUT2D eigenvalue weighted by atomic mass is 35.5. The van der Waals surface area contributed by atoms with E-state index in [0.29, 0.717) is 6.54 Å². The van der Waals surface area contributed by atoms with Gasteiger partial charge in [0.05, 0.1) is 0 Å². The molecule has 1 aromatic carbocycles. The van der Waals surface area contributed by atoms with Crippen molar-refractivity contribution in [2.75, 3.05) is 19.6 Å². The molecule has 1 heterocycles. The van der Waals surface area contributed by atoms with Gasteiger partial charge in [-0.05, 0) is 37.5 Å². The molecule has 1 aromatic rings. The van der Waals surface area contributed by atoms with E-state index in [-0.39, 0.29) is 36.2 Å². The number of hydrogen-bond acceptors (Lipinski definition) is 3. The first-order valence-corrected chi connectivity index (χ1v) is 9.03. The molecular weight excluding hydrogens is 338 g/mol. The smallest absolute Gasteiger partial charge is 0.254 e. The SMILES string of the molecule is C[C@H]1CNCCN1C(=O)c1ccc(CNC(=O)C2CCCC2)cc1.Cl. The zero-order valence-electron chi connectivity index (χ0n) is 14.8. The summed E-state index contributed by atoms with van der Waals surface area (Å²) in [6.45, 7) is 5.04. The van der Waals surface area contributed by atoms with Crippen molar-refractivity contribution in [1.82, 2.24) is 15.5 Å². The number of halogens is 1. The van der Waals surface area contributed by atoms with Gasteiger partial charge in [0.25, 0.3) is 5.91 Å². The van der Waals surface area contributed by atoms with E-state index in [1.807, 2.05) is 29.2 Å². The Kier molecular flexibility index (Phi) is 7.26. The summed E-state index contributed by atoms with van der Waals surface area (Å²) in [5.74, 6) is 0.452. The standard InChI is InChI=1S/C19H27N3O2.ClH/c1-14-12-20-10-11-22(14)19(24)17-8-6-15(7-9-17)13-21-18(23)16-4-2-3-5-16;/h6-9,14,16,20H,2-5,10-13H2,1H3,(H,21,23);1H/t14-;/m0./s1. The van der Waals surface area contributed by atoms with Crippen LogP contribution in [0.4, 0.5) is 0 Å². The molecule has 2 amide bonds. The summed E-state index contributed by atoms with van der Waals surface area (Å²) >= 11 is 0. The van der Waals surface area contributed by atoms with E-state index in [9.17, 15) is 9.59 Å². The van der Waals surface area contributed by atoms with Crippen LogP contribution in [0.25, 0.3) is 0 Å². The quantitative estimate of drug-likeness (QED) is 0.861. The molecule has 0 aromatic heterocycles. The summed E-state index contributed by atoms with van der Waals surface area (Å²) in [7, 11) is 0. The molecule has 2 aliphatic rings. The van der Waals surface area contributed by atoms with Crippen LogP contribution in [0, 0.1) is 5.92 Å². The lowest BCUT2D eigenvalue weighted by atomic mass is 10.1. The summed E-state index contributed by atoms with van der Waals surface area (Å²) in [5, 5.41) is 6.31. The van der Waals surface area contributed by atoms with Crippen molar-refractivity contribution >= 4 is 24.2 Å². The topological polar surface area (TPSA) is 61.4 Å². The summed E-state index contributed by atoms with van der Waals surface area (Å²) in [4.78, 5) is 26.6. The maximum Gasteiger partial charge on any atom is 0.254 e. The molecule has 3 rings (SSSR count). The van der Waals surface area contributed by atoms with E-state index in [1.54, 1.807) is 0 Å². The highest BCUT2D eigenvalue weighted by Crippen LogP contribution is 2.24. The zero-order chi connectivity index (χ0) is 16.9. The Morgan fingerprint density at radius 1 is 1.20 bits per heavy atom. The summed E-state index contributed by atoms with van der Waals surface area (Å²) in [6, 6.07) is 7.84. The number of rotatable bonds is 4. The van der Waals surface area contributed by atoms with Crippen molar-refractivity contribution in [3.63, 3.8) is 0 Å². The van der Waals surface area contributed by atoms with Gasteiger partial charge in [-0.3, -0.25) is 9.59 Å². The molecule has 138 valence electrons. The van der Waals surface area contributed by atoms with Gasteiger partial charge in [-0.2, -0.15) is 0 Å². The molecule has 6 heteroatoms. The normalized spacial score (nSPS) is 20.8. The third-order valence-corrected chi connectivity index (χ3v) is 5.16. The minimum absolute atomic E-state index is 0. The van der Waals surface area contributed by atoms with Crippen LogP contribution in [-0.2, 0) is 11.3 Å². The second kappa shape index (κ2) is 9.20. The van der Waals surface area contributed by atoms with Crippen LogP contribution in [0.2, 0.25) is 0 Å². The molecule has 1 aliphatic heterocycles. The van der Waals surface area contributed by atoms with Gasteiger partial charge in [0.15, 0.2) is 0 Å². The number of carbonyl (C=O) groups excluding carboxylic acids is 2. The van der Waals surface area contributed by atoms with E-state index in [2.05, 4.69) is 17.6 Å². The van der Waals surface area contributed by atoms with Gasteiger partial charge in [0.1, 0.15) is 0 Å². The summed E-state index contributed by atoms with van der Waals surface area (Å²) < 4.78 is 0. The second-order valence-electron chi connectivity index (χ2n) is 6.95. The van der Waals surface area contributed by atoms with Gasteiger partial charge in [-0.25, -0.2) is 0 Å². The number of piperazine rings is 1. The largest absolute Gasteiger partial charge is 0.352 e. The van der Waals surface area contributed by atoms with Crippen LogP contribution in [0.1, 0.15) is 48.5 Å². The average Bonchev–Trinajstić information content (AvgIpc) is 3.15. The molecule has 1 saturated heterocycles. The molecule has 5 nitrogen and oxygen atoms in total. The van der Waals surface area contributed by atoms with Gasteiger partial charge in [0, 0.05) is 43.7 Å². The Morgan fingerprint density at radius 2 is 1.88 bits per heavy atom. The zero-order valence-corrected chi connectivity index (χ0v) is 15.6. The van der Waals surface area contributed by atoms with E-state index in [4.69, 9.17) is 0 Å². The highest BCUT2D eigenvalue weighted by molar-refractivity contribution is 5.94. The fraction of sp³-hybridized carbons (Fsp3) is 0.579. The van der Waals surface area contributed by atoms with Crippen LogP contribution in [0.15, 0.2) is 24.3 Å². The molecule has 25 heavy (non-hydrogen) atoms. The molecule has 1 atom stereocenters. The van der Waals surface area contributed by atoms with E-state index < -0.39 is 0 Å². The Bertz CT molecular complexity index is 585. The monoisotopic (exact) mass is 365 g/mol. The van der Waals surface area contributed by atoms with Crippen LogP contribution in [0.5, 0.6) is 0 Å². The first-order valence-electron chi connectivity index (χ1n) is 9.03. The first kappa shape index (κ1) is 19.7. The molecule has 0 unspecified atom stereocenters. The first-order chi connectivity index (χ1) is 11.6. The fourth-order valence-corrected chi connectivity index (χ4v) is 3.60. The molecule has 1 aliphatic carbocycles. The average molecular weight is 366 g/mol. The molecule has 2 fully saturated rings. The Labute approximate surface area is 155 Å². The fourth-order valence-electron chi connectivity index (χ4n) is 3.60. The van der Waals surface area contributed by atoms with Crippen molar-refractivity contribution in [2.24, 2.45) is 5.92 Å². The van der Waals surface area contributed by atoms with Crippen molar-refractivity contribution < 1.29 is 9.59 Å². The van der Waals surface area contributed by atoms with Crippen LogP contribution in [-0.4, -0.2) is 42.4 Å². The number of nitrogens with zero attached hydrogens (tertiary/aromatic N) is 1. The summed E-state index contributed by atoms with van der Waals surface area (Å²) in [5.41, 5.74) is 1.75. The maximum atomic E-state index is 12.6. The lowest BCUT2D eigenvalue weighted by Crippen LogP contribution is -2.52. The minimum atomic E-state index is 0. The molecule has 1 saturated carbocycles. The molecular formula is C19H28ClN3O2.